The normalized spacial score (nSPS) is 16.3. The van der Waals surface area contributed by atoms with E-state index in [0.29, 0.717) is 12.5 Å². The van der Waals surface area contributed by atoms with Gasteiger partial charge in [0.05, 0.1) is 0 Å². The first-order valence-corrected chi connectivity index (χ1v) is 7.69. The van der Waals surface area contributed by atoms with Crippen LogP contribution >= 0.6 is 23.4 Å². The molecule has 0 aliphatic heterocycles. The number of hydrogen-bond donors (Lipinski definition) is 1. The van der Waals surface area contributed by atoms with Gasteiger partial charge in [0, 0.05) is 28.1 Å². The van der Waals surface area contributed by atoms with Crippen molar-refractivity contribution in [1.29, 1.82) is 0 Å². The summed E-state index contributed by atoms with van der Waals surface area (Å²) >= 11 is 7.50. The molecule has 98 valence electrons. The van der Waals surface area contributed by atoms with Gasteiger partial charge in [-0.3, -0.25) is 4.79 Å². The molecule has 2 rings (SSSR count). The van der Waals surface area contributed by atoms with Gasteiger partial charge in [-0.2, -0.15) is 0 Å². The van der Waals surface area contributed by atoms with Gasteiger partial charge in [0.15, 0.2) is 0 Å². The number of amides is 1. The average molecular weight is 284 g/mol. The summed E-state index contributed by atoms with van der Waals surface area (Å²) in [6, 6.07) is 8.06. The van der Waals surface area contributed by atoms with Crippen molar-refractivity contribution in [3.63, 3.8) is 0 Å². The van der Waals surface area contributed by atoms with Crippen LogP contribution in [0.3, 0.4) is 0 Å². The number of rotatable bonds is 6. The van der Waals surface area contributed by atoms with Crippen molar-refractivity contribution in [2.75, 3.05) is 5.75 Å². The highest BCUT2D eigenvalue weighted by Gasteiger charge is 2.28. The summed E-state index contributed by atoms with van der Waals surface area (Å²) in [5.74, 6) is 1.69. The number of thioether (sulfide) groups is 1. The summed E-state index contributed by atoms with van der Waals surface area (Å²) in [6.45, 7) is 2.10. The van der Waals surface area contributed by atoms with Crippen LogP contribution in [0.25, 0.3) is 0 Å². The van der Waals surface area contributed by atoms with Gasteiger partial charge in [-0.05, 0) is 49.9 Å². The lowest BCUT2D eigenvalue weighted by molar-refractivity contribution is -0.121. The Hall–Kier alpha value is -0.670. The number of halogens is 1. The molecule has 2 nitrogen and oxygen atoms in total. The van der Waals surface area contributed by atoms with Crippen LogP contribution in [0, 0.1) is 5.92 Å². The smallest absolute Gasteiger partial charge is 0.221 e. The predicted molar refractivity (Wildman–Crippen MR) is 77.1 cm³/mol. The quantitative estimate of drug-likeness (QED) is 0.806. The average Bonchev–Trinajstić information content (AvgIpc) is 3.15. The predicted octanol–water partition coefficient (Wildman–Crippen LogP) is 3.74. The summed E-state index contributed by atoms with van der Waals surface area (Å²) in [6.07, 6.45) is 3.10. The Kier molecular flexibility index (Phi) is 4.95. The van der Waals surface area contributed by atoms with Gasteiger partial charge in [-0.25, -0.2) is 0 Å². The first-order valence-electron chi connectivity index (χ1n) is 6.33. The molecule has 0 spiro atoms. The molecular weight excluding hydrogens is 266 g/mol. The van der Waals surface area contributed by atoms with Crippen molar-refractivity contribution < 1.29 is 4.79 Å². The zero-order valence-electron chi connectivity index (χ0n) is 10.5. The van der Waals surface area contributed by atoms with E-state index < -0.39 is 0 Å². The third-order valence-electron chi connectivity index (χ3n) is 3.13. The van der Waals surface area contributed by atoms with Gasteiger partial charge < -0.3 is 5.32 Å². The van der Waals surface area contributed by atoms with Crippen molar-refractivity contribution in [3.8, 4) is 0 Å². The van der Waals surface area contributed by atoms with Crippen LogP contribution in [-0.4, -0.2) is 17.7 Å². The molecule has 1 aromatic carbocycles. The fourth-order valence-electron chi connectivity index (χ4n) is 1.83. The van der Waals surface area contributed by atoms with E-state index in [-0.39, 0.29) is 5.91 Å². The Bertz CT molecular complexity index is 403. The second-order valence-corrected chi connectivity index (χ2v) is 6.35. The highest BCUT2D eigenvalue weighted by Crippen LogP contribution is 2.32. The number of nitrogens with one attached hydrogen (secondary N) is 1. The molecule has 18 heavy (non-hydrogen) atoms. The Morgan fingerprint density at radius 3 is 2.72 bits per heavy atom. The molecule has 0 heterocycles. The fourth-order valence-corrected chi connectivity index (χ4v) is 2.81. The van der Waals surface area contributed by atoms with Gasteiger partial charge in [0.2, 0.25) is 5.91 Å². The lowest BCUT2D eigenvalue weighted by atomic mass is 10.2. The largest absolute Gasteiger partial charge is 0.353 e. The van der Waals surface area contributed by atoms with E-state index in [4.69, 9.17) is 11.6 Å². The van der Waals surface area contributed by atoms with Crippen molar-refractivity contribution in [3.05, 3.63) is 29.3 Å². The second-order valence-electron chi connectivity index (χ2n) is 4.75. The molecule has 1 saturated carbocycles. The molecular formula is C14H18ClNOS. The van der Waals surface area contributed by atoms with Gasteiger partial charge in [-0.1, -0.05) is 11.6 Å². The molecule has 1 N–H and O–H groups in total. The zero-order chi connectivity index (χ0) is 13.0. The Morgan fingerprint density at radius 1 is 1.44 bits per heavy atom. The molecule has 1 unspecified atom stereocenters. The number of carbonyl (C=O) groups is 1. The number of hydrogen-bond acceptors (Lipinski definition) is 2. The van der Waals surface area contributed by atoms with Gasteiger partial charge in [0.25, 0.3) is 0 Å². The second kappa shape index (κ2) is 6.48. The molecule has 4 heteroatoms. The Balaban J connectivity index is 1.65. The summed E-state index contributed by atoms with van der Waals surface area (Å²) in [5, 5.41) is 3.81. The summed E-state index contributed by atoms with van der Waals surface area (Å²) < 4.78 is 0. The molecule has 1 atom stereocenters. The molecule has 0 saturated heterocycles. The SMILES string of the molecule is CC(NC(=O)CCSc1ccc(Cl)cc1)C1CC1. The monoisotopic (exact) mass is 283 g/mol. The van der Waals surface area contributed by atoms with Crippen LogP contribution in [-0.2, 0) is 4.79 Å². The lowest BCUT2D eigenvalue weighted by Crippen LogP contribution is -2.34. The van der Waals surface area contributed by atoms with Crippen LogP contribution in [0.2, 0.25) is 5.02 Å². The first kappa shape index (κ1) is 13.8. The van der Waals surface area contributed by atoms with E-state index in [1.807, 2.05) is 24.3 Å². The topological polar surface area (TPSA) is 29.1 Å². The van der Waals surface area contributed by atoms with Crippen LogP contribution < -0.4 is 5.32 Å². The standard InChI is InChI=1S/C14H18ClNOS/c1-10(11-2-3-11)16-14(17)8-9-18-13-6-4-12(15)5-7-13/h4-7,10-11H,2-3,8-9H2,1H3,(H,16,17). The maximum atomic E-state index is 11.7. The molecule has 1 amide bonds. The molecule has 1 aliphatic rings. The van der Waals surface area contributed by atoms with Gasteiger partial charge in [-0.15, -0.1) is 11.8 Å². The molecule has 1 aliphatic carbocycles. The van der Waals surface area contributed by atoms with E-state index in [9.17, 15) is 4.79 Å². The number of carbonyl (C=O) groups excluding carboxylic acids is 1. The van der Waals surface area contributed by atoms with Crippen LogP contribution in [0.5, 0.6) is 0 Å². The summed E-state index contributed by atoms with van der Waals surface area (Å²) in [7, 11) is 0. The molecule has 1 aromatic rings. The highest BCUT2D eigenvalue weighted by molar-refractivity contribution is 7.99. The van der Waals surface area contributed by atoms with Crippen molar-refractivity contribution in [2.24, 2.45) is 5.92 Å². The fraction of sp³-hybridized carbons (Fsp3) is 0.500. The van der Waals surface area contributed by atoms with E-state index in [1.165, 1.54) is 12.8 Å². The van der Waals surface area contributed by atoms with Crippen molar-refractivity contribution in [2.45, 2.75) is 37.1 Å². The highest BCUT2D eigenvalue weighted by atomic mass is 35.5. The van der Waals surface area contributed by atoms with E-state index in [2.05, 4.69) is 12.2 Å². The number of benzene rings is 1. The van der Waals surface area contributed by atoms with Crippen molar-refractivity contribution in [1.82, 2.24) is 5.32 Å². The van der Waals surface area contributed by atoms with E-state index >= 15 is 0 Å². The van der Waals surface area contributed by atoms with Crippen LogP contribution in [0.1, 0.15) is 26.2 Å². The maximum absolute atomic E-state index is 11.7. The summed E-state index contributed by atoms with van der Waals surface area (Å²) in [5.41, 5.74) is 0. The van der Waals surface area contributed by atoms with E-state index in [1.54, 1.807) is 11.8 Å². The molecule has 1 fully saturated rings. The van der Waals surface area contributed by atoms with Crippen LogP contribution in [0.15, 0.2) is 29.2 Å². The van der Waals surface area contributed by atoms with E-state index in [0.717, 1.165) is 21.6 Å². The van der Waals surface area contributed by atoms with Gasteiger partial charge in [0.1, 0.15) is 0 Å². The molecule has 0 aromatic heterocycles. The third kappa shape index (κ3) is 4.54. The zero-order valence-corrected chi connectivity index (χ0v) is 12.1. The Morgan fingerprint density at radius 2 is 2.11 bits per heavy atom. The first-order chi connectivity index (χ1) is 8.65. The minimum Gasteiger partial charge on any atom is -0.353 e. The maximum Gasteiger partial charge on any atom is 0.221 e. The lowest BCUT2D eigenvalue weighted by Gasteiger charge is -2.12. The minimum absolute atomic E-state index is 0.163. The summed E-state index contributed by atoms with van der Waals surface area (Å²) in [4.78, 5) is 12.8. The Labute approximate surface area is 117 Å². The van der Waals surface area contributed by atoms with Crippen molar-refractivity contribution >= 4 is 29.3 Å². The van der Waals surface area contributed by atoms with Gasteiger partial charge >= 0.3 is 0 Å². The minimum atomic E-state index is 0.163. The molecule has 0 bridgehead atoms. The van der Waals surface area contributed by atoms with Crippen LogP contribution in [0.4, 0.5) is 0 Å². The third-order valence-corrected chi connectivity index (χ3v) is 4.39. The molecule has 0 radical (unpaired) electrons.